The molecule has 1 aliphatic heterocycles. The van der Waals surface area contributed by atoms with Crippen molar-refractivity contribution < 1.29 is 14.3 Å². The molecule has 108 valence electrons. The minimum Gasteiger partial charge on any atom is -0.454 e. The van der Waals surface area contributed by atoms with Crippen LogP contribution < -0.4 is 14.8 Å². The quantitative estimate of drug-likeness (QED) is 0.925. The average molecular weight is 348 g/mol. The molecule has 2 aromatic carbocycles. The Morgan fingerprint density at radius 3 is 2.81 bits per heavy atom. The third kappa shape index (κ3) is 3.03. The number of hydrogen-bond acceptors (Lipinski definition) is 3. The molecule has 0 saturated carbocycles. The molecule has 1 aliphatic rings. The van der Waals surface area contributed by atoms with Crippen molar-refractivity contribution in [3.05, 3.63) is 57.6 Å². The van der Waals surface area contributed by atoms with Crippen LogP contribution in [-0.2, 0) is 6.54 Å². The second-order valence-electron chi connectivity index (χ2n) is 4.85. The van der Waals surface area contributed by atoms with Gasteiger partial charge < -0.3 is 14.8 Å². The van der Waals surface area contributed by atoms with E-state index in [1.807, 2.05) is 43.3 Å². The number of carbonyl (C=O) groups is 1. The highest BCUT2D eigenvalue weighted by Gasteiger charge is 2.14. The lowest BCUT2D eigenvalue weighted by atomic mass is 10.1. The van der Waals surface area contributed by atoms with Gasteiger partial charge in [0, 0.05) is 11.0 Å². The fourth-order valence-electron chi connectivity index (χ4n) is 2.13. The van der Waals surface area contributed by atoms with E-state index in [0.717, 1.165) is 27.1 Å². The average Bonchev–Trinajstić information content (AvgIpc) is 2.92. The van der Waals surface area contributed by atoms with Crippen LogP contribution in [0.4, 0.5) is 0 Å². The first-order chi connectivity index (χ1) is 10.1. The van der Waals surface area contributed by atoms with E-state index >= 15 is 0 Å². The van der Waals surface area contributed by atoms with Gasteiger partial charge in [0.2, 0.25) is 6.79 Å². The van der Waals surface area contributed by atoms with Crippen molar-refractivity contribution in [3.63, 3.8) is 0 Å². The second kappa shape index (κ2) is 5.77. The lowest BCUT2D eigenvalue weighted by Gasteiger charge is -2.08. The first kappa shape index (κ1) is 13.9. The van der Waals surface area contributed by atoms with Crippen molar-refractivity contribution in [2.75, 3.05) is 6.79 Å². The Hall–Kier alpha value is -2.01. The van der Waals surface area contributed by atoms with E-state index in [1.54, 1.807) is 0 Å². The number of aryl methyl sites for hydroxylation is 1. The SMILES string of the molecule is Cc1ccc(C(=O)NCc2ccc3c(c2)OCO3)c(Br)c1. The maximum atomic E-state index is 12.2. The first-order valence-corrected chi connectivity index (χ1v) is 7.35. The largest absolute Gasteiger partial charge is 0.454 e. The van der Waals surface area contributed by atoms with E-state index in [9.17, 15) is 4.79 Å². The van der Waals surface area contributed by atoms with Crippen LogP contribution in [0.2, 0.25) is 0 Å². The van der Waals surface area contributed by atoms with E-state index < -0.39 is 0 Å². The molecule has 0 aliphatic carbocycles. The van der Waals surface area contributed by atoms with Gasteiger partial charge in [0.25, 0.3) is 5.91 Å². The Kier molecular flexibility index (Phi) is 3.84. The van der Waals surface area contributed by atoms with Gasteiger partial charge in [-0.2, -0.15) is 0 Å². The summed E-state index contributed by atoms with van der Waals surface area (Å²) >= 11 is 3.42. The minimum absolute atomic E-state index is 0.112. The topological polar surface area (TPSA) is 47.6 Å². The summed E-state index contributed by atoms with van der Waals surface area (Å²) in [4.78, 5) is 12.2. The predicted octanol–water partition coefficient (Wildman–Crippen LogP) is 3.42. The van der Waals surface area contributed by atoms with Crippen LogP contribution in [-0.4, -0.2) is 12.7 Å². The molecule has 3 rings (SSSR count). The van der Waals surface area contributed by atoms with Crippen LogP contribution in [0.1, 0.15) is 21.5 Å². The molecule has 0 atom stereocenters. The Bertz CT molecular complexity index is 700. The molecule has 0 unspecified atom stereocenters. The molecular formula is C16H14BrNO3. The van der Waals surface area contributed by atoms with Gasteiger partial charge in [-0.3, -0.25) is 4.79 Å². The summed E-state index contributed by atoms with van der Waals surface area (Å²) in [6.45, 7) is 2.68. The number of ether oxygens (including phenoxy) is 2. The van der Waals surface area contributed by atoms with Gasteiger partial charge >= 0.3 is 0 Å². The minimum atomic E-state index is -0.112. The van der Waals surface area contributed by atoms with Crippen LogP contribution in [0.3, 0.4) is 0 Å². The van der Waals surface area contributed by atoms with Crippen LogP contribution >= 0.6 is 15.9 Å². The predicted molar refractivity (Wildman–Crippen MR) is 82.6 cm³/mol. The van der Waals surface area contributed by atoms with Crippen molar-refractivity contribution in [2.45, 2.75) is 13.5 Å². The van der Waals surface area contributed by atoms with E-state index in [4.69, 9.17) is 9.47 Å². The first-order valence-electron chi connectivity index (χ1n) is 6.56. The summed E-state index contributed by atoms with van der Waals surface area (Å²) in [6.07, 6.45) is 0. The second-order valence-corrected chi connectivity index (χ2v) is 5.71. The highest BCUT2D eigenvalue weighted by molar-refractivity contribution is 9.10. The van der Waals surface area contributed by atoms with Gasteiger partial charge in [-0.15, -0.1) is 0 Å². The summed E-state index contributed by atoms with van der Waals surface area (Å²) in [5.74, 6) is 1.35. The standard InChI is InChI=1S/C16H14BrNO3/c1-10-2-4-12(13(17)6-10)16(19)18-8-11-3-5-14-15(7-11)21-9-20-14/h2-7H,8-9H2,1H3,(H,18,19). The van der Waals surface area contributed by atoms with Gasteiger partial charge in [0.1, 0.15) is 0 Å². The fourth-order valence-corrected chi connectivity index (χ4v) is 2.81. The molecule has 4 nitrogen and oxygen atoms in total. The smallest absolute Gasteiger partial charge is 0.252 e. The van der Waals surface area contributed by atoms with E-state index in [2.05, 4.69) is 21.2 Å². The summed E-state index contributed by atoms with van der Waals surface area (Å²) < 4.78 is 11.4. The Balaban J connectivity index is 1.68. The monoisotopic (exact) mass is 347 g/mol. The summed E-state index contributed by atoms with van der Waals surface area (Å²) in [5.41, 5.74) is 2.70. The molecule has 1 N–H and O–H groups in total. The van der Waals surface area contributed by atoms with Crippen LogP contribution in [0.25, 0.3) is 0 Å². The van der Waals surface area contributed by atoms with E-state index in [-0.39, 0.29) is 12.7 Å². The number of fused-ring (bicyclic) bond motifs is 1. The molecule has 2 aromatic rings. The molecule has 0 radical (unpaired) electrons. The number of rotatable bonds is 3. The summed E-state index contributed by atoms with van der Waals surface area (Å²) in [7, 11) is 0. The van der Waals surface area contributed by atoms with E-state index in [0.29, 0.717) is 12.1 Å². The molecule has 5 heteroatoms. The number of amides is 1. The fraction of sp³-hybridized carbons (Fsp3) is 0.188. The maximum absolute atomic E-state index is 12.2. The van der Waals surface area contributed by atoms with Gasteiger partial charge in [-0.05, 0) is 58.2 Å². The van der Waals surface area contributed by atoms with Crippen LogP contribution in [0.5, 0.6) is 11.5 Å². The lowest BCUT2D eigenvalue weighted by Crippen LogP contribution is -2.23. The number of halogens is 1. The van der Waals surface area contributed by atoms with Gasteiger partial charge in [0.15, 0.2) is 11.5 Å². The van der Waals surface area contributed by atoms with Gasteiger partial charge in [-0.25, -0.2) is 0 Å². The number of benzene rings is 2. The highest BCUT2D eigenvalue weighted by atomic mass is 79.9. The molecule has 21 heavy (non-hydrogen) atoms. The number of carbonyl (C=O) groups excluding carboxylic acids is 1. The molecule has 0 fully saturated rings. The Morgan fingerprint density at radius 1 is 1.19 bits per heavy atom. The molecule has 0 aromatic heterocycles. The van der Waals surface area contributed by atoms with Crippen LogP contribution in [0, 0.1) is 6.92 Å². The van der Waals surface area contributed by atoms with Gasteiger partial charge in [-0.1, -0.05) is 12.1 Å². The zero-order chi connectivity index (χ0) is 14.8. The van der Waals surface area contributed by atoms with Crippen molar-refractivity contribution in [1.29, 1.82) is 0 Å². The van der Waals surface area contributed by atoms with Crippen molar-refractivity contribution >= 4 is 21.8 Å². The highest BCUT2D eigenvalue weighted by Crippen LogP contribution is 2.32. The van der Waals surface area contributed by atoms with Crippen LogP contribution in [0.15, 0.2) is 40.9 Å². The third-order valence-corrected chi connectivity index (χ3v) is 3.92. The maximum Gasteiger partial charge on any atom is 0.252 e. The van der Waals surface area contributed by atoms with Crippen molar-refractivity contribution in [2.24, 2.45) is 0 Å². The lowest BCUT2D eigenvalue weighted by molar-refractivity contribution is 0.0950. The Labute approximate surface area is 131 Å². The number of hydrogen-bond donors (Lipinski definition) is 1. The van der Waals surface area contributed by atoms with Gasteiger partial charge in [0.05, 0.1) is 5.56 Å². The zero-order valence-corrected chi connectivity index (χ0v) is 13.1. The molecule has 1 heterocycles. The molecule has 1 amide bonds. The summed E-state index contributed by atoms with van der Waals surface area (Å²) in [6, 6.07) is 11.3. The van der Waals surface area contributed by atoms with E-state index in [1.165, 1.54) is 0 Å². The van der Waals surface area contributed by atoms with Crippen molar-refractivity contribution in [1.82, 2.24) is 5.32 Å². The third-order valence-electron chi connectivity index (χ3n) is 3.26. The zero-order valence-electron chi connectivity index (χ0n) is 11.5. The molecular weight excluding hydrogens is 334 g/mol. The molecule has 0 bridgehead atoms. The molecule has 0 spiro atoms. The Morgan fingerprint density at radius 2 is 2.00 bits per heavy atom. The normalized spacial score (nSPS) is 12.3. The summed E-state index contributed by atoms with van der Waals surface area (Å²) in [5, 5.41) is 2.90. The van der Waals surface area contributed by atoms with Crippen molar-refractivity contribution in [3.8, 4) is 11.5 Å². The molecule has 0 saturated heterocycles. The number of nitrogens with one attached hydrogen (secondary N) is 1.